The van der Waals surface area contributed by atoms with Crippen molar-refractivity contribution in [1.82, 2.24) is 24.5 Å². The monoisotopic (exact) mass is 299 g/mol. The highest BCUT2D eigenvalue weighted by molar-refractivity contribution is 7.98. The summed E-state index contributed by atoms with van der Waals surface area (Å²) in [6.45, 7) is 1.57. The minimum absolute atomic E-state index is 0.644. The van der Waals surface area contributed by atoms with Gasteiger partial charge in [0.25, 0.3) is 5.78 Å². The second-order valence-corrected chi connectivity index (χ2v) is 5.80. The summed E-state index contributed by atoms with van der Waals surface area (Å²) in [4.78, 5) is 12.1. The fourth-order valence-corrected chi connectivity index (χ4v) is 2.71. The fraction of sp³-hybridized carbons (Fsp3) is 0.267. The van der Waals surface area contributed by atoms with Gasteiger partial charge in [0, 0.05) is 23.8 Å². The third kappa shape index (κ3) is 3.40. The molecule has 3 aromatic rings. The van der Waals surface area contributed by atoms with Gasteiger partial charge in [-0.1, -0.05) is 12.1 Å². The van der Waals surface area contributed by atoms with Crippen LogP contribution in [0.1, 0.15) is 11.4 Å². The molecule has 0 fully saturated rings. The van der Waals surface area contributed by atoms with Crippen molar-refractivity contribution in [1.29, 1.82) is 0 Å². The Morgan fingerprint density at radius 2 is 2.14 bits per heavy atom. The highest BCUT2D eigenvalue weighted by Crippen LogP contribution is 2.17. The maximum absolute atomic E-state index is 4.43. The number of nitrogens with zero attached hydrogens (tertiary/aromatic N) is 5. The van der Waals surface area contributed by atoms with E-state index in [1.165, 1.54) is 10.5 Å². The van der Waals surface area contributed by atoms with Crippen molar-refractivity contribution in [2.24, 2.45) is 0 Å². The van der Waals surface area contributed by atoms with E-state index >= 15 is 0 Å². The molecule has 0 aliphatic carbocycles. The van der Waals surface area contributed by atoms with Crippen molar-refractivity contribution in [2.45, 2.75) is 18.0 Å². The maximum atomic E-state index is 4.43. The van der Waals surface area contributed by atoms with Crippen molar-refractivity contribution < 1.29 is 0 Å². The Labute approximate surface area is 128 Å². The van der Waals surface area contributed by atoms with Gasteiger partial charge in [-0.05, 0) is 37.1 Å². The van der Waals surface area contributed by atoms with E-state index in [1.54, 1.807) is 22.5 Å². The molecular weight excluding hydrogens is 282 g/mol. The molecule has 1 aromatic carbocycles. The Bertz CT molecular complexity index is 707. The molecule has 0 bridgehead atoms. The molecule has 0 atom stereocenters. The lowest BCUT2D eigenvalue weighted by Crippen LogP contribution is -2.18. The summed E-state index contributed by atoms with van der Waals surface area (Å²) in [7, 11) is 2.07. The largest absolute Gasteiger partial charge is 0.295 e. The standard InChI is InChI=1S/C15H17N5S/c1-19(10-12-5-3-6-13(9-12)21-2)11-14-17-15-16-7-4-8-20(15)18-14/h3-9H,10-11H2,1-2H3. The van der Waals surface area contributed by atoms with Gasteiger partial charge in [0.1, 0.15) is 0 Å². The van der Waals surface area contributed by atoms with Crippen LogP contribution in [0.3, 0.4) is 0 Å². The normalized spacial score (nSPS) is 11.4. The molecule has 21 heavy (non-hydrogen) atoms. The third-order valence-corrected chi connectivity index (χ3v) is 3.88. The highest BCUT2D eigenvalue weighted by atomic mass is 32.2. The molecule has 0 amide bonds. The summed E-state index contributed by atoms with van der Waals surface area (Å²) in [5.41, 5.74) is 1.30. The summed E-state index contributed by atoms with van der Waals surface area (Å²) in [6, 6.07) is 10.4. The zero-order valence-electron chi connectivity index (χ0n) is 12.1. The molecule has 0 aliphatic heterocycles. The zero-order valence-corrected chi connectivity index (χ0v) is 12.9. The molecule has 6 heteroatoms. The average molecular weight is 299 g/mol. The van der Waals surface area contributed by atoms with Crippen LogP contribution in [0.2, 0.25) is 0 Å². The summed E-state index contributed by atoms with van der Waals surface area (Å²) < 4.78 is 1.71. The molecule has 5 nitrogen and oxygen atoms in total. The fourth-order valence-electron chi connectivity index (χ4n) is 2.22. The molecule has 2 aromatic heterocycles. The Morgan fingerprint density at radius 3 is 2.95 bits per heavy atom. The van der Waals surface area contributed by atoms with Gasteiger partial charge in [0.2, 0.25) is 0 Å². The molecule has 0 saturated carbocycles. The van der Waals surface area contributed by atoms with Gasteiger partial charge >= 0.3 is 0 Å². The number of hydrogen-bond donors (Lipinski definition) is 0. The molecule has 108 valence electrons. The molecule has 3 rings (SSSR count). The maximum Gasteiger partial charge on any atom is 0.252 e. The summed E-state index contributed by atoms with van der Waals surface area (Å²) in [5.74, 6) is 1.43. The molecule has 0 saturated heterocycles. The van der Waals surface area contributed by atoms with Crippen LogP contribution in [0.15, 0.2) is 47.6 Å². The predicted octanol–water partition coefficient (Wildman–Crippen LogP) is 2.48. The quantitative estimate of drug-likeness (QED) is 0.677. The summed E-state index contributed by atoms with van der Waals surface area (Å²) in [5, 5.41) is 4.43. The first-order valence-corrected chi connectivity index (χ1v) is 7.95. The highest BCUT2D eigenvalue weighted by Gasteiger charge is 2.08. The second kappa shape index (κ2) is 6.24. The lowest BCUT2D eigenvalue weighted by molar-refractivity contribution is 0.310. The predicted molar refractivity (Wildman–Crippen MR) is 84.2 cm³/mol. The minimum atomic E-state index is 0.644. The van der Waals surface area contributed by atoms with E-state index in [1.807, 2.05) is 12.3 Å². The number of fused-ring (bicyclic) bond motifs is 1. The molecule has 0 aliphatic rings. The van der Waals surface area contributed by atoms with Crippen LogP contribution < -0.4 is 0 Å². The van der Waals surface area contributed by atoms with Crippen LogP contribution in [0, 0.1) is 0 Å². The van der Waals surface area contributed by atoms with E-state index in [0.717, 1.165) is 12.4 Å². The van der Waals surface area contributed by atoms with E-state index in [4.69, 9.17) is 0 Å². The second-order valence-electron chi connectivity index (χ2n) is 4.92. The number of thioether (sulfide) groups is 1. The molecular formula is C15H17N5S. The lowest BCUT2D eigenvalue weighted by Gasteiger charge is -2.15. The minimum Gasteiger partial charge on any atom is -0.295 e. The Balaban J connectivity index is 1.69. The topological polar surface area (TPSA) is 46.3 Å². The summed E-state index contributed by atoms with van der Waals surface area (Å²) in [6.07, 6.45) is 5.68. The number of aromatic nitrogens is 4. The van der Waals surface area contributed by atoms with Crippen LogP contribution in [0.4, 0.5) is 0 Å². The van der Waals surface area contributed by atoms with Crippen molar-refractivity contribution >= 4 is 17.5 Å². The van der Waals surface area contributed by atoms with Gasteiger partial charge in [-0.25, -0.2) is 9.50 Å². The summed E-state index contributed by atoms with van der Waals surface area (Å²) >= 11 is 1.76. The molecule has 0 unspecified atom stereocenters. The number of rotatable bonds is 5. The van der Waals surface area contributed by atoms with Gasteiger partial charge in [-0.15, -0.1) is 16.9 Å². The Morgan fingerprint density at radius 1 is 1.24 bits per heavy atom. The average Bonchev–Trinajstić information content (AvgIpc) is 2.89. The van der Waals surface area contributed by atoms with E-state index in [-0.39, 0.29) is 0 Å². The number of hydrogen-bond acceptors (Lipinski definition) is 5. The van der Waals surface area contributed by atoms with Crippen LogP contribution >= 0.6 is 11.8 Å². The molecule has 0 radical (unpaired) electrons. The third-order valence-electron chi connectivity index (χ3n) is 3.16. The van der Waals surface area contributed by atoms with Crippen molar-refractivity contribution in [2.75, 3.05) is 13.3 Å². The Hall–Kier alpha value is -1.92. The number of benzene rings is 1. The van der Waals surface area contributed by atoms with Gasteiger partial charge in [0.15, 0.2) is 5.82 Å². The van der Waals surface area contributed by atoms with E-state index in [0.29, 0.717) is 12.3 Å². The van der Waals surface area contributed by atoms with Gasteiger partial charge < -0.3 is 0 Å². The van der Waals surface area contributed by atoms with Crippen molar-refractivity contribution in [3.8, 4) is 0 Å². The van der Waals surface area contributed by atoms with Gasteiger partial charge in [-0.3, -0.25) is 4.90 Å². The zero-order chi connectivity index (χ0) is 14.7. The van der Waals surface area contributed by atoms with Crippen LogP contribution in [-0.4, -0.2) is 37.8 Å². The van der Waals surface area contributed by atoms with Crippen molar-refractivity contribution in [3.63, 3.8) is 0 Å². The smallest absolute Gasteiger partial charge is 0.252 e. The lowest BCUT2D eigenvalue weighted by atomic mass is 10.2. The molecule has 0 N–H and O–H groups in total. The Kier molecular flexibility index (Phi) is 4.17. The van der Waals surface area contributed by atoms with Crippen LogP contribution in [0.25, 0.3) is 5.78 Å². The van der Waals surface area contributed by atoms with Gasteiger partial charge in [0.05, 0.1) is 6.54 Å². The van der Waals surface area contributed by atoms with E-state index in [9.17, 15) is 0 Å². The SMILES string of the molecule is CSc1cccc(CN(C)Cc2nc3ncccn3n2)c1. The van der Waals surface area contributed by atoms with Crippen LogP contribution in [-0.2, 0) is 13.1 Å². The van der Waals surface area contributed by atoms with Crippen LogP contribution in [0.5, 0.6) is 0 Å². The van der Waals surface area contributed by atoms with E-state index in [2.05, 4.69) is 57.5 Å². The van der Waals surface area contributed by atoms with E-state index < -0.39 is 0 Å². The first kappa shape index (κ1) is 14.0. The first-order chi connectivity index (χ1) is 10.2. The van der Waals surface area contributed by atoms with Gasteiger partial charge in [-0.2, -0.15) is 4.98 Å². The van der Waals surface area contributed by atoms with Crippen molar-refractivity contribution in [3.05, 3.63) is 54.1 Å². The molecule has 2 heterocycles. The first-order valence-electron chi connectivity index (χ1n) is 6.72. The molecule has 0 spiro atoms.